The van der Waals surface area contributed by atoms with Crippen molar-refractivity contribution in [2.24, 2.45) is 0 Å². The Morgan fingerprint density at radius 1 is 1.47 bits per heavy atom. The predicted molar refractivity (Wildman–Crippen MR) is 59.2 cm³/mol. The van der Waals surface area contributed by atoms with Gasteiger partial charge in [0, 0.05) is 6.08 Å². The van der Waals surface area contributed by atoms with Crippen LogP contribution >= 0.6 is 0 Å². The Morgan fingerprint density at radius 3 is 2.27 bits per heavy atom. The molecule has 0 saturated carbocycles. The lowest BCUT2D eigenvalue weighted by Crippen LogP contribution is -2.53. The highest BCUT2D eigenvalue weighted by Gasteiger charge is 2.43. The summed E-state index contributed by atoms with van der Waals surface area (Å²) in [6.45, 7) is 7.18. The lowest BCUT2D eigenvalue weighted by molar-refractivity contribution is -0.137. The van der Waals surface area contributed by atoms with E-state index in [4.69, 9.17) is 0 Å². The third kappa shape index (κ3) is 3.73. The standard InChI is InChI=1S/C9H18O5S/c1-5-8(10)14-6-7-15(11,12,13)9(2,3)4/h5H,1,6-7H2,2-4H3,(H2,11,12,13). The molecule has 0 saturated heterocycles. The summed E-state index contributed by atoms with van der Waals surface area (Å²) in [4.78, 5) is 10.7. The first-order valence-corrected chi connectivity index (χ1v) is 6.47. The number of esters is 1. The lowest BCUT2D eigenvalue weighted by atomic mass is 10.3. The van der Waals surface area contributed by atoms with Crippen molar-refractivity contribution in [3.05, 3.63) is 12.7 Å². The number of carbonyl (C=O) groups is 1. The molecule has 0 radical (unpaired) electrons. The maximum absolute atomic E-state index is 11.8. The van der Waals surface area contributed by atoms with Gasteiger partial charge in [-0.1, -0.05) is 6.58 Å². The summed E-state index contributed by atoms with van der Waals surface area (Å²) in [5.41, 5.74) is 0. The fourth-order valence-electron chi connectivity index (χ4n) is 0.658. The van der Waals surface area contributed by atoms with Crippen LogP contribution in [-0.4, -0.2) is 36.4 Å². The van der Waals surface area contributed by atoms with Gasteiger partial charge < -0.3 is 13.8 Å². The van der Waals surface area contributed by atoms with Gasteiger partial charge in [-0.3, -0.25) is 0 Å². The first kappa shape index (κ1) is 14.3. The highest BCUT2D eigenvalue weighted by atomic mass is 32.3. The van der Waals surface area contributed by atoms with Gasteiger partial charge in [-0.2, -0.15) is 0 Å². The largest absolute Gasteiger partial charge is 0.461 e. The minimum absolute atomic E-state index is 0.319. The summed E-state index contributed by atoms with van der Waals surface area (Å²) in [6.07, 6.45) is 0.948. The Labute approximate surface area is 89.6 Å². The summed E-state index contributed by atoms with van der Waals surface area (Å²) in [5, 5.41) is 0. The molecule has 6 heteroatoms. The Morgan fingerprint density at radius 2 is 1.93 bits per heavy atom. The van der Waals surface area contributed by atoms with Crippen molar-refractivity contribution < 1.29 is 22.8 Å². The highest BCUT2D eigenvalue weighted by molar-refractivity contribution is 8.11. The SMILES string of the molecule is C=CC(=O)OCCS(=O)(O)(O)C(C)(C)C. The zero-order valence-corrected chi connectivity index (χ0v) is 10.0. The van der Waals surface area contributed by atoms with Crippen LogP contribution < -0.4 is 0 Å². The van der Waals surface area contributed by atoms with Crippen LogP contribution in [0.4, 0.5) is 0 Å². The molecule has 0 aromatic carbocycles. The van der Waals surface area contributed by atoms with Crippen molar-refractivity contribution in [1.82, 2.24) is 0 Å². The fourth-order valence-corrected chi connectivity index (χ4v) is 1.65. The molecule has 0 bridgehead atoms. The topological polar surface area (TPSA) is 83.8 Å². The monoisotopic (exact) mass is 238 g/mol. The molecule has 0 amide bonds. The highest BCUT2D eigenvalue weighted by Crippen LogP contribution is 2.33. The van der Waals surface area contributed by atoms with Crippen molar-refractivity contribution in [2.75, 3.05) is 12.4 Å². The summed E-state index contributed by atoms with van der Waals surface area (Å²) in [6, 6.07) is 0. The van der Waals surface area contributed by atoms with Gasteiger partial charge >= 0.3 is 5.97 Å². The maximum Gasteiger partial charge on any atom is 0.330 e. The molecule has 0 spiro atoms. The van der Waals surface area contributed by atoms with Crippen LogP contribution in [0, 0.1) is 0 Å². The average Bonchev–Trinajstić information content (AvgIpc) is 2.00. The van der Waals surface area contributed by atoms with E-state index in [9.17, 15) is 18.1 Å². The molecule has 0 atom stereocenters. The summed E-state index contributed by atoms with van der Waals surface area (Å²) in [5.74, 6) is -1.19. The van der Waals surface area contributed by atoms with Gasteiger partial charge in [-0.15, -0.1) is 0 Å². The third-order valence-corrected chi connectivity index (χ3v) is 5.46. The van der Waals surface area contributed by atoms with Gasteiger partial charge in [0.2, 0.25) is 0 Å². The molecule has 0 aromatic heterocycles. The maximum atomic E-state index is 11.8. The average molecular weight is 238 g/mol. The van der Waals surface area contributed by atoms with E-state index in [1.807, 2.05) is 0 Å². The van der Waals surface area contributed by atoms with E-state index >= 15 is 0 Å². The summed E-state index contributed by atoms with van der Waals surface area (Å²) >= 11 is 0. The van der Waals surface area contributed by atoms with E-state index in [0.717, 1.165) is 6.08 Å². The second-order valence-electron chi connectivity index (χ2n) is 4.21. The van der Waals surface area contributed by atoms with Crippen LogP contribution in [-0.2, 0) is 19.2 Å². The minimum atomic E-state index is -4.76. The predicted octanol–water partition coefficient (Wildman–Crippen LogP) is 1.28. The van der Waals surface area contributed by atoms with Gasteiger partial charge in [-0.05, 0) is 20.8 Å². The molecule has 0 aliphatic carbocycles. The van der Waals surface area contributed by atoms with Gasteiger partial charge in [-0.25, -0.2) is 9.00 Å². The van der Waals surface area contributed by atoms with E-state index in [1.54, 1.807) is 0 Å². The molecular weight excluding hydrogens is 220 g/mol. The van der Waals surface area contributed by atoms with E-state index in [-0.39, 0.29) is 6.61 Å². The van der Waals surface area contributed by atoms with Crippen molar-refractivity contribution in [2.45, 2.75) is 25.5 Å². The van der Waals surface area contributed by atoms with E-state index < -0.39 is 26.1 Å². The third-order valence-electron chi connectivity index (χ3n) is 2.09. The number of rotatable bonds is 4. The van der Waals surface area contributed by atoms with Crippen LogP contribution in [0.5, 0.6) is 0 Å². The zero-order valence-electron chi connectivity index (χ0n) is 9.23. The zero-order chi connectivity index (χ0) is 12.4. The number of carbonyl (C=O) groups excluding carboxylic acids is 1. The number of ether oxygens (including phenoxy) is 1. The van der Waals surface area contributed by atoms with Gasteiger partial charge in [0.25, 0.3) is 0 Å². The van der Waals surface area contributed by atoms with Crippen LogP contribution in [0.2, 0.25) is 0 Å². The van der Waals surface area contributed by atoms with Crippen LogP contribution in [0.15, 0.2) is 12.7 Å². The number of hydrogen-bond acceptors (Lipinski definition) is 3. The molecule has 0 aliphatic heterocycles. The lowest BCUT2D eigenvalue weighted by Gasteiger charge is -2.42. The van der Waals surface area contributed by atoms with Gasteiger partial charge in [0.05, 0.1) is 20.1 Å². The normalized spacial score (nSPS) is 15.1. The summed E-state index contributed by atoms with van der Waals surface area (Å²) < 4.78 is 34.3. The van der Waals surface area contributed by atoms with Gasteiger partial charge in [0.1, 0.15) is 6.61 Å². The van der Waals surface area contributed by atoms with Crippen LogP contribution in [0.25, 0.3) is 0 Å². The Kier molecular flexibility index (Phi) is 3.84. The van der Waals surface area contributed by atoms with E-state index in [0.29, 0.717) is 0 Å². The molecule has 0 heterocycles. The molecule has 90 valence electrons. The molecule has 2 N–H and O–H groups in total. The molecule has 0 fully saturated rings. The van der Waals surface area contributed by atoms with Crippen molar-refractivity contribution in [1.29, 1.82) is 0 Å². The van der Waals surface area contributed by atoms with Gasteiger partial charge in [0.15, 0.2) is 0 Å². The second kappa shape index (κ2) is 4.03. The van der Waals surface area contributed by atoms with Crippen molar-refractivity contribution in [3.63, 3.8) is 0 Å². The van der Waals surface area contributed by atoms with Crippen LogP contribution in [0.3, 0.4) is 0 Å². The first-order chi connectivity index (χ1) is 6.48. The Balaban J connectivity index is 4.47. The van der Waals surface area contributed by atoms with Crippen molar-refractivity contribution in [3.8, 4) is 0 Å². The first-order valence-electron chi connectivity index (χ1n) is 4.42. The second-order valence-corrected chi connectivity index (χ2v) is 7.87. The minimum Gasteiger partial charge on any atom is -0.461 e. The Bertz CT molecular complexity index is 320. The smallest absolute Gasteiger partial charge is 0.330 e. The van der Waals surface area contributed by atoms with E-state index in [2.05, 4.69) is 11.3 Å². The molecular formula is C9H18O5S. The molecule has 0 aliphatic rings. The number of hydrogen-bond donors (Lipinski definition) is 2. The Hall–Kier alpha value is -0.720. The van der Waals surface area contributed by atoms with E-state index in [1.165, 1.54) is 20.8 Å². The molecule has 0 rings (SSSR count). The molecule has 0 unspecified atom stereocenters. The van der Waals surface area contributed by atoms with Crippen LogP contribution in [0.1, 0.15) is 20.8 Å². The quantitative estimate of drug-likeness (QED) is 0.569. The molecule has 15 heavy (non-hydrogen) atoms. The van der Waals surface area contributed by atoms with Crippen molar-refractivity contribution >= 4 is 15.6 Å². The molecule has 0 aromatic rings. The summed E-state index contributed by atoms with van der Waals surface area (Å²) in [7, 11) is -4.76. The molecule has 5 nitrogen and oxygen atoms in total. The fraction of sp³-hybridized carbons (Fsp3) is 0.667.